The average molecular weight is 282 g/mol. The Hall–Kier alpha value is -1.47. The summed E-state index contributed by atoms with van der Waals surface area (Å²) >= 11 is 0. The van der Waals surface area contributed by atoms with E-state index in [1.165, 1.54) is 4.90 Å². The molecule has 0 bridgehead atoms. The van der Waals surface area contributed by atoms with Crippen LogP contribution in [0.3, 0.4) is 0 Å². The SMILES string of the molecule is O=C(O)C1CCCN(C(=O)NCCCC(F)(F)F)C1. The van der Waals surface area contributed by atoms with Gasteiger partial charge in [-0.15, -0.1) is 0 Å². The van der Waals surface area contributed by atoms with Crippen LogP contribution in [-0.4, -0.2) is 47.8 Å². The number of carboxylic acids is 1. The van der Waals surface area contributed by atoms with Gasteiger partial charge in [0, 0.05) is 26.1 Å². The molecule has 19 heavy (non-hydrogen) atoms. The molecule has 0 aliphatic carbocycles. The molecule has 8 heteroatoms. The zero-order chi connectivity index (χ0) is 14.5. The van der Waals surface area contributed by atoms with Gasteiger partial charge in [-0.1, -0.05) is 0 Å². The van der Waals surface area contributed by atoms with Crippen LogP contribution < -0.4 is 5.32 Å². The van der Waals surface area contributed by atoms with Crippen LogP contribution >= 0.6 is 0 Å². The highest BCUT2D eigenvalue weighted by Gasteiger charge is 2.29. The average Bonchev–Trinajstić information content (AvgIpc) is 2.33. The number of likely N-dealkylation sites (tertiary alicyclic amines) is 1. The lowest BCUT2D eigenvalue weighted by Gasteiger charge is -2.30. The minimum absolute atomic E-state index is 0.0629. The summed E-state index contributed by atoms with van der Waals surface area (Å²) in [7, 11) is 0. The molecule has 0 aromatic rings. The first kappa shape index (κ1) is 15.6. The number of hydrogen-bond acceptors (Lipinski definition) is 2. The van der Waals surface area contributed by atoms with Crippen LogP contribution in [0, 0.1) is 5.92 Å². The summed E-state index contributed by atoms with van der Waals surface area (Å²) in [6.45, 7) is 0.488. The van der Waals surface area contributed by atoms with Crippen LogP contribution in [0.5, 0.6) is 0 Å². The van der Waals surface area contributed by atoms with Gasteiger partial charge in [-0.3, -0.25) is 4.79 Å². The molecule has 0 aromatic heterocycles. The Morgan fingerprint density at radius 3 is 2.63 bits per heavy atom. The minimum atomic E-state index is -4.22. The normalized spacial score (nSPS) is 20.2. The third-order valence-electron chi connectivity index (χ3n) is 2.97. The number of carbonyl (C=O) groups is 2. The summed E-state index contributed by atoms with van der Waals surface area (Å²) in [5.41, 5.74) is 0. The summed E-state index contributed by atoms with van der Waals surface area (Å²) in [6, 6.07) is -0.492. The lowest BCUT2D eigenvalue weighted by molar-refractivity contribution is -0.143. The van der Waals surface area contributed by atoms with Crippen molar-refractivity contribution in [3.05, 3.63) is 0 Å². The molecule has 0 saturated carbocycles. The Kier molecular flexibility index (Phi) is 5.44. The van der Waals surface area contributed by atoms with Gasteiger partial charge >= 0.3 is 18.2 Å². The Morgan fingerprint density at radius 2 is 2.05 bits per heavy atom. The van der Waals surface area contributed by atoms with Crippen molar-refractivity contribution >= 4 is 12.0 Å². The molecular formula is C11H17F3N2O3. The molecule has 1 aliphatic rings. The zero-order valence-electron chi connectivity index (χ0n) is 10.4. The van der Waals surface area contributed by atoms with Crippen LogP contribution in [0.25, 0.3) is 0 Å². The third kappa shape index (κ3) is 5.80. The fourth-order valence-electron chi connectivity index (χ4n) is 1.96. The van der Waals surface area contributed by atoms with E-state index in [0.717, 1.165) is 0 Å². The number of nitrogens with one attached hydrogen (secondary N) is 1. The minimum Gasteiger partial charge on any atom is -0.481 e. The summed E-state index contributed by atoms with van der Waals surface area (Å²) in [5.74, 6) is -1.54. The van der Waals surface area contributed by atoms with E-state index in [9.17, 15) is 22.8 Å². The molecule has 110 valence electrons. The van der Waals surface area contributed by atoms with E-state index < -0.39 is 30.5 Å². The number of aliphatic carboxylic acids is 1. The zero-order valence-corrected chi connectivity index (χ0v) is 10.4. The number of hydrogen-bond donors (Lipinski definition) is 2. The van der Waals surface area contributed by atoms with E-state index in [4.69, 9.17) is 5.11 Å². The first-order valence-electron chi connectivity index (χ1n) is 6.12. The standard InChI is InChI=1S/C11H17F3N2O3/c12-11(13,14)4-2-5-15-10(19)16-6-1-3-8(7-16)9(17)18/h8H,1-7H2,(H,15,19)(H,17,18). The van der Waals surface area contributed by atoms with Crippen LogP contribution in [0.15, 0.2) is 0 Å². The smallest absolute Gasteiger partial charge is 0.389 e. The highest BCUT2D eigenvalue weighted by molar-refractivity contribution is 5.76. The first-order chi connectivity index (χ1) is 8.79. The van der Waals surface area contributed by atoms with Crippen LogP contribution in [0.1, 0.15) is 25.7 Å². The van der Waals surface area contributed by atoms with E-state index in [2.05, 4.69) is 5.32 Å². The van der Waals surface area contributed by atoms with Gasteiger partial charge in [-0.2, -0.15) is 13.2 Å². The number of halogens is 3. The second-order valence-corrected chi connectivity index (χ2v) is 4.57. The van der Waals surface area contributed by atoms with E-state index in [1.807, 2.05) is 0 Å². The quantitative estimate of drug-likeness (QED) is 0.773. The highest BCUT2D eigenvalue weighted by atomic mass is 19.4. The highest BCUT2D eigenvalue weighted by Crippen LogP contribution is 2.21. The Labute approximate surface area is 108 Å². The fraction of sp³-hybridized carbons (Fsp3) is 0.818. The number of carbonyl (C=O) groups excluding carboxylic acids is 1. The molecule has 2 N–H and O–H groups in total. The molecule has 1 aliphatic heterocycles. The second-order valence-electron chi connectivity index (χ2n) is 4.57. The Balaban J connectivity index is 2.27. The van der Waals surface area contributed by atoms with Crippen molar-refractivity contribution in [1.82, 2.24) is 10.2 Å². The maximum Gasteiger partial charge on any atom is 0.389 e. The van der Waals surface area contributed by atoms with Crippen molar-refractivity contribution in [2.24, 2.45) is 5.92 Å². The summed E-state index contributed by atoms with van der Waals surface area (Å²) in [5, 5.41) is 11.2. The van der Waals surface area contributed by atoms with E-state index in [-0.39, 0.29) is 19.5 Å². The number of piperidine rings is 1. The molecule has 0 radical (unpaired) electrons. The van der Waals surface area contributed by atoms with E-state index in [1.54, 1.807) is 0 Å². The van der Waals surface area contributed by atoms with Crippen LogP contribution in [0.2, 0.25) is 0 Å². The predicted octanol–water partition coefficient (Wildman–Crippen LogP) is 1.84. The number of nitrogens with zero attached hydrogens (tertiary/aromatic N) is 1. The summed E-state index contributed by atoms with van der Waals surface area (Å²) < 4.78 is 35.7. The van der Waals surface area contributed by atoms with Gasteiger partial charge in [0.1, 0.15) is 0 Å². The van der Waals surface area contributed by atoms with Gasteiger partial charge in [0.25, 0.3) is 0 Å². The molecule has 5 nitrogen and oxygen atoms in total. The lowest BCUT2D eigenvalue weighted by Crippen LogP contribution is -2.47. The number of amides is 2. The number of urea groups is 1. The van der Waals surface area contributed by atoms with Gasteiger partial charge in [-0.05, 0) is 19.3 Å². The molecule has 1 fully saturated rings. The Morgan fingerprint density at radius 1 is 1.37 bits per heavy atom. The van der Waals surface area contributed by atoms with Crippen molar-refractivity contribution in [2.75, 3.05) is 19.6 Å². The van der Waals surface area contributed by atoms with Gasteiger partial charge in [0.15, 0.2) is 0 Å². The van der Waals surface area contributed by atoms with Crippen LogP contribution in [0.4, 0.5) is 18.0 Å². The molecular weight excluding hydrogens is 265 g/mol. The molecule has 1 atom stereocenters. The number of rotatable bonds is 4. The summed E-state index contributed by atoms with van der Waals surface area (Å²) in [4.78, 5) is 23.8. The second kappa shape index (κ2) is 6.63. The number of carboxylic acid groups (broad SMARTS) is 1. The van der Waals surface area contributed by atoms with Crippen molar-refractivity contribution in [3.8, 4) is 0 Å². The van der Waals surface area contributed by atoms with Crippen molar-refractivity contribution in [2.45, 2.75) is 31.9 Å². The molecule has 1 heterocycles. The lowest BCUT2D eigenvalue weighted by atomic mass is 9.99. The third-order valence-corrected chi connectivity index (χ3v) is 2.97. The van der Waals surface area contributed by atoms with Gasteiger partial charge in [0.05, 0.1) is 5.92 Å². The summed E-state index contributed by atoms with van der Waals surface area (Å²) in [6.07, 6.45) is -4.22. The fourth-order valence-corrected chi connectivity index (χ4v) is 1.96. The van der Waals surface area contributed by atoms with Crippen molar-refractivity contribution in [3.63, 3.8) is 0 Å². The number of alkyl halides is 3. The van der Waals surface area contributed by atoms with Crippen LogP contribution in [-0.2, 0) is 4.79 Å². The van der Waals surface area contributed by atoms with Crippen molar-refractivity contribution in [1.29, 1.82) is 0 Å². The van der Waals surface area contributed by atoms with E-state index in [0.29, 0.717) is 19.4 Å². The molecule has 2 amide bonds. The molecule has 0 spiro atoms. The monoisotopic (exact) mass is 282 g/mol. The maximum atomic E-state index is 11.9. The maximum absolute atomic E-state index is 11.9. The van der Waals surface area contributed by atoms with Crippen molar-refractivity contribution < 1.29 is 27.9 Å². The van der Waals surface area contributed by atoms with Gasteiger partial charge < -0.3 is 15.3 Å². The molecule has 1 unspecified atom stereocenters. The Bertz CT molecular complexity index is 334. The largest absolute Gasteiger partial charge is 0.481 e. The molecule has 0 aromatic carbocycles. The first-order valence-corrected chi connectivity index (χ1v) is 6.12. The molecule has 1 saturated heterocycles. The predicted molar refractivity (Wildman–Crippen MR) is 60.6 cm³/mol. The van der Waals surface area contributed by atoms with Gasteiger partial charge in [-0.25, -0.2) is 4.79 Å². The molecule has 1 rings (SSSR count). The van der Waals surface area contributed by atoms with Gasteiger partial charge in [0.2, 0.25) is 0 Å². The van der Waals surface area contributed by atoms with E-state index >= 15 is 0 Å². The topological polar surface area (TPSA) is 69.6 Å².